The fourth-order valence-corrected chi connectivity index (χ4v) is 2.07. The van der Waals surface area contributed by atoms with E-state index >= 15 is 0 Å². The van der Waals surface area contributed by atoms with Crippen LogP contribution >= 0.6 is 0 Å². The van der Waals surface area contributed by atoms with Gasteiger partial charge in [-0.3, -0.25) is 0 Å². The zero-order chi connectivity index (χ0) is 11.8. The van der Waals surface area contributed by atoms with E-state index in [-0.39, 0.29) is 11.4 Å². The molecule has 0 aliphatic heterocycles. The second kappa shape index (κ2) is 4.17. The molecule has 1 nitrogen and oxygen atoms in total. The third kappa shape index (κ3) is 2.82. The van der Waals surface area contributed by atoms with E-state index in [1.54, 1.807) is 12.1 Å². The van der Waals surface area contributed by atoms with Gasteiger partial charge in [0.25, 0.3) is 0 Å². The minimum Gasteiger partial charge on any atom is -0.312 e. The zero-order valence-electron chi connectivity index (χ0n) is 10.3. The van der Waals surface area contributed by atoms with Crippen LogP contribution in [0.25, 0.3) is 0 Å². The standard InChI is InChI=1S/C14H20FN/c1-14(2,3)16-9-10-8-12(10)11-6-4-5-7-13(11)15/h4-7,10,12,16H,8-9H2,1-3H3. The first-order valence-corrected chi connectivity index (χ1v) is 5.97. The van der Waals surface area contributed by atoms with Gasteiger partial charge in [0.2, 0.25) is 0 Å². The Morgan fingerprint density at radius 3 is 2.62 bits per heavy atom. The first-order chi connectivity index (χ1) is 7.47. The summed E-state index contributed by atoms with van der Waals surface area (Å²) in [4.78, 5) is 0. The van der Waals surface area contributed by atoms with Gasteiger partial charge in [-0.2, -0.15) is 0 Å². The number of halogens is 1. The highest BCUT2D eigenvalue weighted by Crippen LogP contribution is 2.47. The average Bonchev–Trinajstić information content (AvgIpc) is 2.94. The van der Waals surface area contributed by atoms with Crippen molar-refractivity contribution < 1.29 is 4.39 Å². The van der Waals surface area contributed by atoms with Gasteiger partial charge in [0.1, 0.15) is 5.82 Å². The number of hydrogen-bond donors (Lipinski definition) is 1. The molecular weight excluding hydrogens is 201 g/mol. The summed E-state index contributed by atoms with van der Waals surface area (Å²) in [6.45, 7) is 7.47. The smallest absolute Gasteiger partial charge is 0.126 e. The number of benzene rings is 1. The molecule has 1 fully saturated rings. The summed E-state index contributed by atoms with van der Waals surface area (Å²) in [7, 11) is 0. The summed E-state index contributed by atoms with van der Waals surface area (Å²) in [5.74, 6) is 0.984. The highest BCUT2D eigenvalue weighted by Gasteiger charge is 2.39. The number of hydrogen-bond acceptors (Lipinski definition) is 1. The predicted molar refractivity (Wildman–Crippen MR) is 65.0 cm³/mol. The molecule has 1 aliphatic carbocycles. The molecule has 16 heavy (non-hydrogen) atoms. The Balaban J connectivity index is 1.90. The molecule has 1 aromatic carbocycles. The van der Waals surface area contributed by atoms with E-state index in [1.807, 2.05) is 12.1 Å². The molecule has 2 unspecified atom stereocenters. The van der Waals surface area contributed by atoms with E-state index in [0.717, 1.165) is 18.5 Å². The van der Waals surface area contributed by atoms with Crippen LogP contribution in [0.4, 0.5) is 4.39 Å². The maximum Gasteiger partial charge on any atom is 0.126 e. The summed E-state index contributed by atoms with van der Waals surface area (Å²) in [6, 6.07) is 7.15. The van der Waals surface area contributed by atoms with Crippen molar-refractivity contribution in [1.82, 2.24) is 5.32 Å². The van der Waals surface area contributed by atoms with Crippen molar-refractivity contribution in [2.24, 2.45) is 5.92 Å². The van der Waals surface area contributed by atoms with Crippen LogP contribution in [-0.4, -0.2) is 12.1 Å². The van der Waals surface area contributed by atoms with Crippen LogP contribution in [0, 0.1) is 11.7 Å². The summed E-state index contributed by atoms with van der Waals surface area (Å²) >= 11 is 0. The van der Waals surface area contributed by atoms with Gasteiger partial charge in [0.05, 0.1) is 0 Å². The van der Waals surface area contributed by atoms with Gasteiger partial charge in [-0.15, -0.1) is 0 Å². The maximum atomic E-state index is 13.5. The lowest BCUT2D eigenvalue weighted by Crippen LogP contribution is -2.37. The van der Waals surface area contributed by atoms with Gasteiger partial charge in [-0.05, 0) is 57.2 Å². The molecule has 2 atom stereocenters. The number of nitrogens with one attached hydrogen (secondary N) is 1. The van der Waals surface area contributed by atoms with Crippen molar-refractivity contribution in [3.63, 3.8) is 0 Å². The Hall–Kier alpha value is -0.890. The summed E-state index contributed by atoms with van der Waals surface area (Å²) in [5.41, 5.74) is 1.05. The van der Waals surface area contributed by atoms with Crippen LogP contribution in [0.2, 0.25) is 0 Å². The van der Waals surface area contributed by atoms with Gasteiger partial charge >= 0.3 is 0 Å². The van der Waals surface area contributed by atoms with Crippen LogP contribution in [0.15, 0.2) is 24.3 Å². The zero-order valence-corrected chi connectivity index (χ0v) is 10.3. The van der Waals surface area contributed by atoms with Crippen LogP contribution in [0.1, 0.15) is 38.7 Å². The molecule has 0 amide bonds. The van der Waals surface area contributed by atoms with Crippen molar-refractivity contribution in [3.8, 4) is 0 Å². The van der Waals surface area contributed by atoms with Gasteiger partial charge in [0.15, 0.2) is 0 Å². The quantitative estimate of drug-likeness (QED) is 0.825. The van der Waals surface area contributed by atoms with E-state index in [4.69, 9.17) is 0 Å². The fourth-order valence-electron chi connectivity index (χ4n) is 2.07. The molecule has 88 valence electrons. The molecule has 0 saturated heterocycles. The van der Waals surface area contributed by atoms with Crippen molar-refractivity contribution in [2.75, 3.05) is 6.54 Å². The van der Waals surface area contributed by atoms with Gasteiger partial charge < -0.3 is 5.32 Å². The van der Waals surface area contributed by atoms with Crippen molar-refractivity contribution in [3.05, 3.63) is 35.6 Å². The third-order valence-corrected chi connectivity index (χ3v) is 3.12. The molecule has 0 heterocycles. The molecule has 1 aliphatic rings. The lowest BCUT2D eigenvalue weighted by molar-refractivity contribution is 0.413. The topological polar surface area (TPSA) is 12.0 Å². The van der Waals surface area contributed by atoms with Crippen molar-refractivity contribution >= 4 is 0 Å². The lowest BCUT2D eigenvalue weighted by Gasteiger charge is -2.20. The van der Waals surface area contributed by atoms with Gasteiger partial charge in [0, 0.05) is 5.54 Å². The third-order valence-electron chi connectivity index (χ3n) is 3.12. The fraction of sp³-hybridized carbons (Fsp3) is 0.571. The molecule has 0 bridgehead atoms. The molecule has 1 saturated carbocycles. The molecule has 1 N–H and O–H groups in total. The normalized spacial score (nSPS) is 24.5. The Morgan fingerprint density at radius 1 is 1.31 bits per heavy atom. The van der Waals surface area contributed by atoms with E-state index in [1.165, 1.54) is 0 Å². The Labute approximate surface area is 97.1 Å². The summed E-state index contributed by atoms with van der Waals surface area (Å²) < 4.78 is 13.5. The summed E-state index contributed by atoms with van der Waals surface area (Å²) in [6.07, 6.45) is 1.12. The highest BCUT2D eigenvalue weighted by molar-refractivity contribution is 5.27. The van der Waals surface area contributed by atoms with E-state index in [0.29, 0.717) is 11.8 Å². The van der Waals surface area contributed by atoms with Gasteiger partial charge in [-0.1, -0.05) is 18.2 Å². The van der Waals surface area contributed by atoms with Crippen LogP contribution in [0.5, 0.6) is 0 Å². The first kappa shape index (κ1) is 11.6. The average molecular weight is 221 g/mol. The van der Waals surface area contributed by atoms with Crippen LogP contribution in [0.3, 0.4) is 0 Å². The van der Waals surface area contributed by atoms with E-state index < -0.39 is 0 Å². The second-order valence-electron chi connectivity index (χ2n) is 5.75. The Bertz CT molecular complexity index is 367. The Morgan fingerprint density at radius 2 is 2.00 bits per heavy atom. The second-order valence-corrected chi connectivity index (χ2v) is 5.75. The maximum absolute atomic E-state index is 13.5. The SMILES string of the molecule is CC(C)(C)NCC1CC1c1ccccc1F. The van der Waals surface area contributed by atoms with Crippen molar-refractivity contribution in [1.29, 1.82) is 0 Å². The molecule has 0 spiro atoms. The first-order valence-electron chi connectivity index (χ1n) is 5.97. The van der Waals surface area contributed by atoms with Crippen molar-refractivity contribution in [2.45, 2.75) is 38.6 Å². The number of rotatable bonds is 3. The molecule has 2 heteroatoms. The molecule has 0 aromatic heterocycles. The highest BCUT2D eigenvalue weighted by atomic mass is 19.1. The predicted octanol–water partition coefficient (Wildman–Crippen LogP) is 3.32. The van der Waals surface area contributed by atoms with E-state index in [9.17, 15) is 4.39 Å². The molecule has 2 rings (SSSR count). The lowest BCUT2D eigenvalue weighted by atomic mass is 10.1. The van der Waals surface area contributed by atoms with Crippen LogP contribution in [-0.2, 0) is 0 Å². The van der Waals surface area contributed by atoms with E-state index in [2.05, 4.69) is 26.1 Å². The van der Waals surface area contributed by atoms with Gasteiger partial charge in [-0.25, -0.2) is 4.39 Å². The minimum absolute atomic E-state index is 0.0502. The largest absolute Gasteiger partial charge is 0.312 e. The minimum atomic E-state index is -0.0502. The monoisotopic (exact) mass is 221 g/mol. The molecule has 1 aromatic rings. The Kier molecular flexibility index (Phi) is 3.02. The van der Waals surface area contributed by atoms with Crippen LogP contribution < -0.4 is 5.32 Å². The molecule has 0 radical (unpaired) electrons. The molecular formula is C14H20FN. The summed E-state index contributed by atoms with van der Waals surface area (Å²) in [5, 5.41) is 3.48.